The molecule has 9 N–H and O–H groups in total. The third-order valence-electron chi connectivity index (χ3n) is 7.49. The molecule has 42 heavy (non-hydrogen) atoms. The van der Waals surface area contributed by atoms with Crippen LogP contribution in [0.1, 0.15) is 20.8 Å². The predicted molar refractivity (Wildman–Crippen MR) is 156 cm³/mol. The van der Waals surface area contributed by atoms with Crippen molar-refractivity contribution >= 4 is 51.2 Å². The maximum Gasteiger partial charge on any atom is 0.181 e. The van der Waals surface area contributed by atoms with Crippen molar-refractivity contribution in [3.8, 4) is 0 Å². The van der Waals surface area contributed by atoms with Crippen molar-refractivity contribution < 1.29 is 59.4 Å². The van der Waals surface area contributed by atoms with Gasteiger partial charge in [0.2, 0.25) is 0 Å². The van der Waals surface area contributed by atoms with Crippen molar-refractivity contribution in [2.24, 2.45) is 4.99 Å². The highest BCUT2D eigenvalue weighted by Crippen LogP contribution is 2.39. The van der Waals surface area contributed by atoms with Crippen LogP contribution >= 0.6 is 36.2 Å². The van der Waals surface area contributed by atoms with E-state index in [1.165, 1.54) is 11.8 Å². The smallest absolute Gasteiger partial charge is 0.181 e. The Morgan fingerprint density at radius 1 is 0.762 bits per heavy atom. The lowest BCUT2D eigenvalue weighted by atomic mass is 9.94. The van der Waals surface area contributed by atoms with Gasteiger partial charge in [0.1, 0.15) is 78.5 Å². The number of ether oxygens (including phenoxy) is 5. The molecule has 0 bridgehead atoms. The molecule has 0 saturated carbocycles. The second-order valence-corrected chi connectivity index (χ2v) is 13.1. The number of fused-ring (bicyclic) bond motifs is 1. The largest absolute Gasteiger partial charge is 0.394 e. The van der Waals surface area contributed by atoms with E-state index in [1.54, 1.807) is 20.8 Å². The molecule has 3 saturated heterocycles. The van der Waals surface area contributed by atoms with E-state index in [0.717, 1.165) is 0 Å². The molecule has 18 heteroatoms. The molecule has 0 aromatic rings. The van der Waals surface area contributed by atoms with Crippen LogP contribution in [0.25, 0.3) is 0 Å². The third-order valence-corrected chi connectivity index (χ3v) is 8.80. The van der Waals surface area contributed by atoms with E-state index in [1.807, 2.05) is 0 Å². The zero-order valence-corrected chi connectivity index (χ0v) is 25.6. The summed E-state index contributed by atoms with van der Waals surface area (Å²) in [5, 5.41) is 80.1. The first kappa shape index (κ1) is 34.2. The molecular formula is C24H39N3O12S3. The van der Waals surface area contributed by atoms with Gasteiger partial charge in [-0.05, 0) is 20.8 Å². The van der Waals surface area contributed by atoms with Crippen molar-refractivity contribution in [1.82, 2.24) is 10.6 Å². The van der Waals surface area contributed by atoms with Gasteiger partial charge in [0.05, 0.1) is 34.8 Å². The van der Waals surface area contributed by atoms with Crippen LogP contribution in [0.4, 0.5) is 0 Å². The summed E-state index contributed by atoms with van der Waals surface area (Å²) in [5.41, 5.74) is -0.500. The van der Waals surface area contributed by atoms with Crippen molar-refractivity contribution in [2.45, 2.75) is 112 Å². The maximum absolute atomic E-state index is 11.5. The molecule has 15 nitrogen and oxygen atoms in total. The van der Waals surface area contributed by atoms with E-state index >= 15 is 0 Å². The monoisotopic (exact) mass is 657 g/mol. The molecule has 0 radical (unpaired) electrons. The number of rotatable bonds is 9. The quantitative estimate of drug-likeness (QED) is 0.110. The lowest BCUT2D eigenvalue weighted by Crippen LogP contribution is -2.70. The van der Waals surface area contributed by atoms with Crippen LogP contribution in [0.15, 0.2) is 4.99 Å². The van der Waals surface area contributed by atoms with E-state index in [-0.39, 0.29) is 9.98 Å². The first-order valence-corrected chi connectivity index (χ1v) is 15.2. The molecule has 0 aromatic carbocycles. The van der Waals surface area contributed by atoms with Crippen LogP contribution in [0, 0.1) is 0 Å². The molecule has 0 aromatic heterocycles. The van der Waals surface area contributed by atoms with Gasteiger partial charge in [-0.1, -0.05) is 36.2 Å². The Hall–Kier alpha value is -0.680. The molecule has 15 atom stereocenters. The Morgan fingerprint density at radius 2 is 1.24 bits per heavy atom. The Labute approximate surface area is 257 Å². The molecule has 2 unspecified atom stereocenters. The average Bonchev–Trinajstić information content (AvgIpc) is 3.32. The van der Waals surface area contributed by atoms with Crippen LogP contribution in [0.3, 0.4) is 0 Å². The zero-order valence-electron chi connectivity index (χ0n) is 23.1. The topological polar surface area (TPSA) is 224 Å². The summed E-state index contributed by atoms with van der Waals surface area (Å²) >= 11 is 11.6. The summed E-state index contributed by atoms with van der Waals surface area (Å²) in [6, 6.07) is -2.88. The van der Waals surface area contributed by atoms with Gasteiger partial charge in [0.25, 0.3) is 0 Å². The fourth-order valence-corrected chi connectivity index (χ4v) is 6.85. The van der Waals surface area contributed by atoms with Gasteiger partial charge in [-0.15, -0.1) is 0 Å². The first-order valence-electron chi connectivity index (χ1n) is 13.5. The van der Waals surface area contributed by atoms with Gasteiger partial charge in [-0.25, -0.2) is 0 Å². The summed E-state index contributed by atoms with van der Waals surface area (Å²) in [6.45, 7) is 3.12. The SMILES string of the molecule is CC(=S)N[C@@H]1[C@@H](O[C@H]2[C@H](O)C3N=C(C)SC3O[C@@H]2CO)O[C@@H](CO)[C@H](O[C@@H]2O[C@H](CO)[C@@H](O)[C@H](O)[C@H]2NC(C)=S)[C@H]1O. The van der Waals surface area contributed by atoms with Crippen LogP contribution < -0.4 is 10.6 Å². The molecule has 0 spiro atoms. The van der Waals surface area contributed by atoms with Crippen molar-refractivity contribution in [3.05, 3.63) is 0 Å². The molecular weight excluding hydrogens is 618 g/mol. The molecule has 240 valence electrons. The normalized spacial score (nSPS) is 45.6. The second-order valence-electron chi connectivity index (χ2n) is 10.5. The molecule has 3 fully saturated rings. The maximum atomic E-state index is 11.5. The van der Waals surface area contributed by atoms with Crippen molar-refractivity contribution in [1.29, 1.82) is 0 Å². The van der Waals surface area contributed by atoms with Gasteiger partial charge in [-0.3, -0.25) is 4.99 Å². The second kappa shape index (κ2) is 14.6. The Bertz CT molecular complexity index is 1000. The summed E-state index contributed by atoms with van der Waals surface area (Å²) in [5.74, 6) is 0. The minimum absolute atomic E-state index is 0.253. The molecule has 0 aliphatic carbocycles. The minimum atomic E-state index is -1.49. The molecule has 4 heterocycles. The number of aliphatic imine (C=N–C) groups is 1. The predicted octanol–water partition coefficient (Wildman–Crippen LogP) is -3.50. The van der Waals surface area contributed by atoms with E-state index in [2.05, 4.69) is 15.6 Å². The summed E-state index contributed by atoms with van der Waals surface area (Å²) < 4.78 is 29.9. The average molecular weight is 658 g/mol. The van der Waals surface area contributed by atoms with Crippen molar-refractivity contribution in [3.63, 3.8) is 0 Å². The highest BCUT2D eigenvalue weighted by molar-refractivity contribution is 8.14. The lowest BCUT2D eigenvalue weighted by Gasteiger charge is -2.49. The number of nitrogens with zero attached hydrogens (tertiary/aromatic N) is 1. The summed E-state index contributed by atoms with van der Waals surface area (Å²) in [6.07, 6.45) is -14.2. The van der Waals surface area contributed by atoms with Gasteiger partial charge < -0.3 is 70.1 Å². The fourth-order valence-electron chi connectivity index (χ4n) is 5.50. The zero-order chi connectivity index (χ0) is 30.9. The third kappa shape index (κ3) is 7.24. The van der Waals surface area contributed by atoms with Crippen LogP contribution in [-0.4, -0.2) is 162 Å². The number of aliphatic hydroxyl groups is 7. The number of hydrogen-bond donors (Lipinski definition) is 9. The first-order chi connectivity index (χ1) is 19.9. The van der Waals surface area contributed by atoms with Crippen LogP contribution in [-0.2, 0) is 23.7 Å². The molecule has 4 aliphatic rings. The Kier molecular flexibility index (Phi) is 11.9. The van der Waals surface area contributed by atoms with Crippen LogP contribution in [0.5, 0.6) is 0 Å². The lowest BCUT2D eigenvalue weighted by molar-refractivity contribution is -0.344. The number of thioether (sulfide) groups is 1. The van der Waals surface area contributed by atoms with Gasteiger partial charge in [-0.2, -0.15) is 0 Å². The number of nitrogens with one attached hydrogen (secondary N) is 2. The standard InChI is InChI=1S/C24H39N3O12S3/c1-7(40)25-13-17(32)16(31)10(4-28)35-22(13)38-20-11(5-29)36-23(14(18(20)33)26-8(2)41)39-21-12(6-30)37-24-15(19(21)34)27-9(3)42-24/h10-24,28-34H,4-6H2,1-3H3,(H,25,40)(H,26,41)/t10-,11+,12-,13-,14+,15?,16-,17-,18+,19-,20+,21-,22+,23-,24?/m1/s1. The summed E-state index contributed by atoms with van der Waals surface area (Å²) in [7, 11) is 0. The molecule has 4 rings (SSSR count). The van der Waals surface area contributed by atoms with E-state index in [0.29, 0.717) is 5.04 Å². The highest BCUT2D eigenvalue weighted by Gasteiger charge is 2.54. The molecule has 0 amide bonds. The van der Waals surface area contributed by atoms with Gasteiger partial charge >= 0.3 is 0 Å². The summed E-state index contributed by atoms with van der Waals surface area (Å²) in [4.78, 5) is 4.93. The van der Waals surface area contributed by atoms with E-state index < -0.39 is 111 Å². The number of aliphatic hydroxyl groups excluding tert-OH is 7. The Morgan fingerprint density at radius 3 is 1.76 bits per heavy atom. The van der Waals surface area contributed by atoms with Crippen molar-refractivity contribution in [2.75, 3.05) is 19.8 Å². The van der Waals surface area contributed by atoms with E-state index in [4.69, 9.17) is 48.1 Å². The minimum Gasteiger partial charge on any atom is -0.394 e. The fraction of sp³-hybridized carbons (Fsp3) is 0.875. The highest BCUT2D eigenvalue weighted by atomic mass is 32.2. The van der Waals surface area contributed by atoms with E-state index in [9.17, 15) is 35.7 Å². The Balaban J connectivity index is 1.58. The number of thiocarbonyl (C=S) groups is 2. The number of hydrogen-bond acceptors (Lipinski definition) is 16. The van der Waals surface area contributed by atoms with Gasteiger partial charge in [0.15, 0.2) is 12.6 Å². The van der Waals surface area contributed by atoms with Crippen LogP contribution in [0.2, 0.25) is 0 Å². The molecule has 4 aliphatic heterocycles. The van der Waals surface area contributed by atoms with Gasteiger partial charge in [0, 0.05) is 0 Å².